The Hall–Kier alpha value is -1.28. The molecule has 0 saturated carbocycles. The second-order valence-electron chi connectivity index (χ2n) is 3.18. The Bertz CT molecular complexity index is 456. The minimum atomic E-state index is 0.564. The van der Waals surface area contributed by atoms with E-state index in [4.69, 9.17) is 4.74 Å². The van der Waals surface area contributed by atoms with Gasteiger partial charge in [0.25, 0.3) is 0 Å². The van der Waals surface area contributed by atoms with E-state index in [9.17, 15) is 0 Å². The first-order valence-corrected chi connectivity index (χ1v) is 5.41. The summed E-state index contributed by atoms with van der Waals surface area (Å²) in [5.41, 5.74) is 1.31. The van der Waals surface area contributed by atoms with Crippen molar-refractivity contribution in [3.05, 3.63) is 41.8 Å². The highest BCUT2D eigenvalue weighted by molar-refractivity contribution is 7.17. The minimum Gasteiger partial charge on any atom is -0.490 e. The topological polar surface area (TPSA) is 9.23 Å². The van der Waals surface area contributed by atoms with Crippen LogP contribution in [0.25, 0.3) is 10.1 Å². The molecule has 2 rings (SSSR count). The number of thiophene rings is 1. The smallest absolute Gasteiger partial charge is 0.120 e. The van der Waals surface area contributed by atoms with Crippen LogP contribution >= 0.6 is 11.3 Å². The van der Waals surface area contributed by atoms with E-state index < -0.39 is 0 Å². The molecule has 1 aromatic heterocycles. The molecule has 0 atom stereocenters. The van der Waals surface area contributed by atoms with Crippen LogP contribution in [0.5, 0.6) is 5.75 Å². The SMILES string of the molecule is C=CCOc1ccc2scc(C)c2c1. The zero-order valence-corrected chi connectivity index (χ0v) is 8.93. The fourth-order valence-corrected chi connectivity index (χ4v) is 2.30. The fraction of sp³-hybridized carbons (Fsp3) is 0.167. The Morgan fingerprint density at radius 1 is 1.50 bits per heavy atom. The van der Waals surface area contributed by atoms with E-state index in [2.05, 4.69) is 31.0 Å². The maximum absolute atomic E-state index is 5.47. The van der Waals surface area contributed by atoms with Crippen molar-refractivity contribution in [1.82, 2.24) is 0 Å². The van der Waals surface area contributed by atoms with Gasteiger partial charge in [-0.15, -0.1) is 11.3 Å². The van der Waals surface area contributed by atoms with E-state index in [1.54, 1.807) is 17.4 Å². The molecule has 2 heteroatoms. The van der Waals surface area contributed by atoms with Crippen molar-refractivity contribution in [3.8, 4) is 5.75 Å². The Labute approximate surface area is 87.6 Å². The van der Waals surface area contributed by atoms with E-state index in [-0.39, 0.29) is 0 Å². The van der Waals surface area contributed by atoms with Crippen molar-refractivity contribution in [3.63, 3.8) is 0 Å². The number of benzene rings is 1. The lowest BCUT2D eigenvalue weighted by atomic mass is 10.2. The van der Waals surface area contributed by atoms with E-state index in [1.165, 1.54) is 15.6 Å². The number of hydrogen-bond acceptors (Lipinski definition) is 2. The first-order valence-electron chi connectivity index (χ1n) is 4.53. The monoisotopic (exact) mass is 204 g/mol. The van der Waals surface area contributed by atoms with Gasteiger partial charge >= 0.3 is 0 Å². The number of aryl methyl sites for hydroxylation is 1. The summed E-state index contributed by atoms with van der Waals surface area (Å²) < 4.78 is 6.79. The molecule has 0 unspecified atom stereocenters. The Morgan fingerprint density at radius 3 is 3.14 bits per heavy atom. The van der Waals surface area contributed by atoms with Crippen molar-refractivity contribution in [1.29, 1.82) is 0 Å². The molecular formula is C12H12OS. The van der Waals surface area contributed by atoms with Gasteiger partial charge in [0.2, 0.25) is 0 Å². The molecule has 0 bridgehead atoms. The first kappa shape index (κ1) is 9.28. The maximum Gasteiger partial charge on any atom is 0.120 e. The Balaban J connectivity index is 2.39. The Morgan fingerprint density at radius 2 is 2.36 bits per heavy atom. The molecule has 0 N–H and O–H groups in total. The summed E-state index contributed by atoms with van der Waals surface area (Å²) in [5, 5.41) is 3.46. The van der Waals surface area contributed by atoms with Gasteiger partial charge in [-0.25, -0.2) is 0 Å². The molecule has 0 fully saturated rings. The lowest BCUT2D eigenvalue weighted by Gasteiger charge is -2.02. The quantitative estimate of drug-likeness (QED) is 0.691. The van der Waals surface area contributed by atoms with Crippen molar-refractivity contribution in [2.24, 2.45) is 0 Å². The second kappa shape index (κ2) is 3.84. The first-order chi connectivity index (χ1) is 6.81. The van der Waals surface area contributed by atoms with Crippen LogP contribution in [0.1, 0.15) is 5.56 Å². The van der Waals surface area contributed by atoms with Gasteiger partial charge in [-0.05, 0) is 41.5 Å². The third kappa shape index (κ3) is 1.66. The maximum atomic E-state index is 5.47. The molecule has 1 nitrogen and oxygen atoms in total. The van der Waals surface area contributed by atoms with Crippen molar-refractivity contribution < 1.29 is 4.74 Å². The third-order valence-electron chi connectivity index (χ3n) is 2.11. The van der Waals surface area contributed by atoms with Gasteiger partial charge in [0, 0.05) is 4.70 Å². The molecule has 0 aliphatic heterocycles. The van der Waals surface area contributed by atoms with Gasteiger partial charge in [0.1, 0.15) is 12.4 Å². The zero-order valence-electron chi connectivity index (χ0n) is 8.12. The normalized spacial score (nSPS) is 10.4. The van der Waals surface area contributed by atoms with Crippen molar-refractivity contribution >= 4 is 21.4 Å². The van der Waals surface area contributed by atoms with Crippen LogP contribution in [-0.2, 0) is 0 Å². The van der Waals surface area contributed by atoms with Crippen LogP contribution in [0.15, 0.2) is 36.2 Å². The van der Waals surface area contributed by atoms with E-state index in [0.717, 1.165) is 5.75 Å². The standard InChI is InChI=1S/C12H12OS/c1-3-6-13-10-4-5-12-11(7-10)9(2)8-14-12/h3-5,7-8H,1,6H2,2H3. The summed E-state index contributed by atoms with van der Waals surface area (Å²) >= 11 is 1.77. The average Bonchev–Trinajstić information content (AvgIpc) is 2.57. The van der Waals surface area contributed by atoms with Crippen molar-refractivity contribution in [2.75, 3.05) is 6.61 Å². The van der Waals surface area contributed by atoms with Crippen LogP contribution in [0, 0.1) is 6.92 Å². The van der Waals surface area contributed by atoms with E-state index in [1.807, 2.05) is 6.07 Å². The fourth-order valence-electron chi connectivity index (χ4n) is 1.38. The molecule has 72 valence electrons. The Kier molecular flexibility index (Phi) is 2.55. The summed E-state index contributed by atoms with van der Waals surface area (Å²) in [5.74, 6) is 0.916. The van der Waals surface area contributed by atoms with Gasteiger partial charge in [0.15, 0.2) is 0 Å². The molecule has 0 radical (unpaired) electrons. The molecule has 0 saturated heterocycles. The van der Waals surface area contributed by atoms with Gasteiger partial charge in [0.05, 0.1) is 0 Å². The molecule has 0 spiro atoms. The third-order valence-corrected chi connectivity index (χ3v) is 3.19. The molecule has 14 heavy (non-hydrogen) atoms. The highest BCUT2D eigenvalue weighted by Gasteiger charge is 2.01. The van der Waals surface area contributed by atoms with Gasteiger partial charge < -0.3 is 4.74 Å². The number of hydrogen-bond donors (Lipinski definition) is 0. The molecule has 0 amide bonds. The molecule has 1 heterocycles. The minimum absolute atomic E-state index is 0.564. The van der Waals surface area contributed by atoms with Crippen LogP contribution in [0.2, 0.25) is 0 Å². The number of rotatable bonds is 3. The van der Waals surface area contributed by atoms with Gasteiger partial charge in [-0.1, -0.05) is 12.7 Å². The molecular weight excluding hydrogens is 192 g/mol. The average molecular weight is 204 g/mol. The lowest BCUT2D eigenvalue weighted by molar-refractivity contribution is 0.364. The van der Waals surface area contributed by atoms with Gasteiger partial charge in [-0.2, -0.15) is 0 Å². The predicted octanol–water partition coefficient (Wildman–Crippen LogP) is 3.77. The zero-order chi connectivity index (χ0) is 9.97. The second-order valence-corrected chi connectivity index (χ2v) is 4.09. The van der Waals surface area contributed by atoms with Crippen LogP contribution < -0.4 is 4.74 Å². The largest absolute Gasteiger partial charge is 0.490 e. The van der Waals surface area contributed by atoms with Crippen LogP contribution in [0.4, 0.5) is 0 Å². The summed E-state index contributed by atoms with van der Waals surface area (Å²) in [6, 6.07) is 6.19. The van der Waals surface area contributed by atoms with Crippen LogP contribution in [-0.4, -0.2) is 6.61 Å². The predicted molar refractivity (Wildman–Crippen MR) is 62.3 cm³/mol. The van der Waals surface area contributed by atoms with Gasteiger partial charge in [-0.3, -0.25) is 0 Å². The lowest BCUT2D eigenvalue weighted by Crippen LogP contribution is -1.91. The number of fused-ring (bicyclic) bond motifs is 1. The summed E-state index contributed by atoms with van der Waals surface area (Å²) in [6.45, 7) is 6.31. The summed E-state index contributed by atoms with van der Waals surface area (Å²) in [4.78, 5) is 0. The van der Waals surface area contributed by atoms with Crippen LogP contribution in [0.3, 0.4) is 0 Å². The highest BCUT2D eigenvalue weighted by Crippen LogP contribution is 2.28. The summed E-state index contributed by atoms with van der Waals surface area (Å²) in [6.07, 6.45) is 1.75. The van der Waals surface area contributed by atoms with E-state index >= 15 is 0 Å². The van der Waals surface area contributed by atoms with Crippen molar-refractivity contribution in [2.45, 2.75) is 6.92 Å². The summed E-state index contributed by atoms with van der Waals surface area (Å²) in [7, 11) is 0. The molecule has 1 aromatic carbocycles. The molecule has 0 aliphatic carbocycles. The molecule has 0 aliphatic rings. The van der Waals surface area contributed by atoms with E-state index in [0.29, 0.717) is 6.61 Å². The highest BCUT2D eigenvalue weighted by atomic mass is 32.1. The number of ether oxygens (including phenoxy) is 1. The molecule has 2 aromatic rings.